The summed E-state index contributed by atoms with van der Waals surface area (Å²) in [6.45, 7) is 0. The topological polar surface area (TPSA) is 70.5 Å². The van der Waals surface area contributed by atoms with Gasteiger partial charge in [-0.3, -0.25) is 9.78 Å². The van der Waals surface area contributed by atoms with Crippen LogP contribution >= 0.6 is 48.0 Å². The van der Waals surface area contributed by atoms with Gasteiger partial charge in [-0.1, -0.05) is 41.8 Å². The highest BCUT2D eigenvalue weighted by Crippen LogP contribution is 2.39. The normalized spacial score (nSPS) is 13.5. The average molecular weight is 426 g/mol. The lowest BCUT2D eigenvalue weighted by atomic mass is 10.0. The minimum atomic E-state index is 0. The molecule has 1 aliphatic heterocycles. The lowest BCUT2D eigenvalue weighted by Crippen LogP contribution is -2.07. The molecule has 0 saturated carbocycles. The Morgan fingerprint density at radius 1 is 0.680 bits per heavy atom. The minimum absolute atomic E-state index is 0. The van der Waals surface area contributed by atoms with Gasteiger partial charge >= 0.3 is 0 Å². The second kappa shape index (κ2) is 9.48. The van der Waals surface area contributed by atoms with Crippen molar-refractivity contribution in [1.82, 2.24) is 0 Å². The lowest BCUT2D eigenvalue weighted by Gasteiger charge is -2.14. The Morgan fingerprint density at radius 3 is 1.48 bits per heavy atom. The van der Waals surface area contributed by atoms with Gasteiger partial charge in [-0.15, -0.1) is 24.8 Å². The van der Waals surface area contributed by atoms with E-state index in [1.54, 1.807) is 12.1 Å². The van der Waals surface area contributed by atoms with Crippen LogP contribution < -0.4 is 21.2 Å². The molecule has 0 spiro atoms. The molecule has 0 fully saturated rings. The fourth-order valence-corrected chi connectivity index (χ4v) is 3.27. The van der Waals surface area contributed by atoms with Crippen LogP contribution in [0.5, 0.6) is 11.5 Å². The maximum absolute atomic E-state index is 6.40. The maximum atomic E-state index is 6.40. The van der Waals surface area contributed by atoms with Crippen molar-refractivity contribution >= 4 is 59.4 Å². The molecule has 1 heterocycles. The van der Waals surface area contributed by atoms with Crippen molar-refractivity contribution < 1.29 is 9.78 Å². The Bertz CT molecular complexity index is 680. The van der Waals surface area contributed by atoms with Crippen LogP contribution in [0, 0.1) is 0 Å². The van der Waals surface area contributed by atoms with Crippen molar-refractivity contribution in [3.05, 3.63) is 45.4 Å². The first-order valence-corrected chi connectivity index (χ1v) is 8.31. The monoisotopic (exact) mass is 424 g/mol. The third-order valence-electron chi connectivity index (χ3n) is 4.02. The Labute approximate surface area is 169 Å². The van der Waals surface area contributed by atoms with E-state index in [2.05, 4.69) is 0 Å². The molecule has 0 radical (unpaired) electrons. The van der Waals surface area contributed by atoms with Crippen molar-refractivity contribution in [3.8, 4) is 11.5 Å². The summed E-state index contributed by atoms with van der Waals surface area (Å²) in [5, 5.41) is 0.935. The quantitative estimate of drug-likeness (QED) is 0.423. The highest BCUT2D eigenvalue weighted by atomic mass is 35.5. The standard InChI is InChI=1S/C17H18Cl2N2O2.2ClH/c18-14-10-4-2-1-3-5-11-7-9-13(21)17(15(11)19)23-22-16(14)12(20)8-6-10;;/h6-9H,1-5,20-21H2;2*1H. The smallest absolute Gasteiger partial charge is 0.220 e. The van der Waals surface area contributed by atoms with E-state index in [9.17, 15) is 0 Å². The van der Waals surface area contributed by atoms with Crippen molar-refractivity contribution in [2.24, 2.45) is 0 Å². The largest absolute Gasteiger partial charge is 0.396 e. The first-order valence-electron chi connectivity index (χ1n) is 7.56. The highest BCUT2D eigenvalue weighted by Gasteiger charge is 2.18. The molecule has 0 atom stereocenters. The molecule has 1 aliphatic rings. The fraction of sp³-hybridized carbons (Fsp3) is 0.294. The third kappa shape index (κ3) is 4.70. The number of halogens is 4. The maximum Gasteiger partial charge on any atom is 0.220 e. The number of anilines is 2. The predicted molar refractivity (Wildman–Crippen MR) is 109 cm³/mol. The number of nitrogens with two attached hydrogens (primary N) is 2. The SMILES string of the molecule is Cl.Cl.Nc1ccc2c(Cl)c1OOc1c(N)ccc(c1Cl)CCCCC2. The third-order valence-corrected chi connectivity index (χ3v) is 4.84. The van der Waals surface area contributed by atoms with Crippen LogP contribution in [0.1, 0.15) is 30.4 Å². The Morgan fingerprint density at radius 2 is 1.08 bits per heavy atom. The van der Waals surface area contributed by atoms with Crippen LogP contribution in [0.3, 0.4) is 0 Å². The fourth-order valence-electron chi connectivity index (χ4n) is 2.67. The first-order chi connectivity index (χ1) is 11.1. The van der Waals surface area contributed by atoms with E-state index in [0.717, 1.165) is 43.2 Å². The second-order valence-corrected chi connectivity index (χ2v) is 6.40. The molecule has 0 unspecified atom stereocenters. The van der Waals surface area contributed by atoms with Crippen LogP contribution in [-0.2, 0) is 12.8 Å². The van der Waals surface area contributed by atoms with Crippen LogP contribution in [0.25, 0.3) is 0 Å². The van der Waals surface area contributed by atoms with Gasteiger partial charge in [0.15, 0.2) is 0 Å². The van der Waals surface area contributed by atoms with E-state index in [-0.39, 0.29) is 24.8 Å². The second-order valence-electron chi connectivity index (χ2n) is 5.64. The summed E-state index contributed by atoms with van der Waals surface area (Å²) in [6, 6.07) is 7.37. The summed E-state index contributed by atoms with van der Waals surface area (Å²) in [7, 11) is 0. The Hall–Kier alpha value is -1.20. The molecule has 8 heteroatoms. The number of fused-ring (bicyclic) bond motifs is 4. The molecule has 3 rings (SSSR count). The summed E-state index contributed by atoms with van der Waals surface area (Å²) in [5.41, 5.74) is 14.7. The van der Waals surface area contributed by atoms with Gasteiger partial charge in [0.2, 0.25) is 11.5 Å². The van der Waals surface area contributed by atoms with Gasteiger partial charge in [-0.05, 0) is 48.9 Å². The molecule has 0 saturated heterocycles. The van der Waals surface area contributed by atoms with E-state index in [1.807, 2.05) is 12.1 Å². The minimum Gasteiger partial charge on any atom is -0.396 e. The number of aryl methyl sites for hydroxylation is 2. The molecule has 0 aliphatic carbocycles. The number of hydrogen-bond donors (Lipinski definition) is 2. The Balaban J connectivity index is 0.00000156. The molecule has 4 nitrogen and oxygen atoms in total. The molecule has 25 heavy (non-hydrogen) atoms. The van der Waals surface area contributed by atoms with Crippen molar-refractivity contribution in [1.29, 1.82) is 0 Å². The zero-order chi connectivity index (χ0) is 16.4. The van der Waals surface area contributed by atoms with E-state index in [1.165, 1.54) is 0 Å². The van der Waals surface area contributed by atoms with Gasteiger partial charge in [-0.25, -0.2) is 0 Å². The van der Waals surface area contributed by atoms with Crippen LogP contribution in [0.2, 0.25) is 10.0 Å². The van der Waals surface area contributed by atoms with Crippen molar-refractivity contribution in [2.75, 3.05) is 11.5 Å². The van der Waals surface area contributed by atoms with E-state index in [4.69, 9.17) is 44.4 Å². The van der Waals surface area contributed by atoms with E-state index >= 15 is 0 Å². The Kier molecular flexibility index (Phi) is 8.29. The number of benzene rings is 2. The highest BCUT2D eigenvalue weighted by molar-refractivity contribution is 6.33. The van der Waals surface area contributed by atoms with Crippen molar-refractivity contribution in [3.63, 3.8) is 0 Å². The van der Waals surface area contributed by atoms with E-state index in [0.29, 0.717) is 32.9 Å². The zero-order valence-electron chi connectivity index (χ0n) is 13.4. The molecular formula is C17H20Cl4N2O2. The van der Waals surface area contributed by atoms with Gasteiger partial charge in [0.1, 0.15) is 0 Å². The van der Waals surface area contributed by atoms with Crippen LogP contribution in [0.4, 0.5) is 11.4 Å². The number of rotatable bonds is 0. The number of nitrogen functional groups attached to an aromatic ring is 2. The van der Waals surface area contributed by atoms with Gasteiger partial charge in [0.05, 0.1) is 21.4 Å². The van der Waals surface area contributed by atoms with Crippen LogP contribution in [-0.4, -0.2) is 0 Å². The molecular weight excluding hydrogens is 406 g/mol. The van der Waals surface area contributed by atoms with Gasteiger partial charge in [0.25, 0.3) is 0 Å². The molecule has 2 aromatic rings. The predicted octanol–water partition coefficient (Wildman–Crippen LogP) is 5.64. The summed E-state index contributed by atoms with van der Waals surface area (Å²) in [4.78, 5) is 10.8. The molecule has 138 valence electrons. The summed E-state index contributed by atoms with van der Waals surface area (Å²) >= 11 is 12.8. The molecule has 0 amide bonds. The van der Waals surface area contributed by atoms with Crippen LogP contribution in [0.15, 0.2) is 24.3 Å². The lowest BCUT2D eigenvalue weighted by molar-refractivity contribution is -0.0982. The summed E-state index contributed by atoms with van der Waals surface area (Å²) in [6.07, 6.45) is 4.87. The molecule has 2 aromatic carbocycles. The van der Waals surface area contributed by atoms with Gasteiger partial charge in [0, 0.05) is 0 Å². The van der Waals surface area contributed by atoms with E-state index < -0.39 is 0 Å². The molecule has 4 bridgehead atoms. The molecule has 0 aromatic heterocycles. The average Bonchev–Trinajstić information content (AvgIpc) is 2.53. The zero-order valence-corrected chi connectivity index (χ0v) is 16.5. The summed E-state index contributed by atoms with van der Waals surface area (Å²) < 4.78 is 0. The van der Waals surface area contributed by atoms with Gasteiger partial charge in [-0.2, -0.15) is 0 Å². The summed E-state index contributed by atoms with van der Waals surface area (Å²) in [5.74, 6) is 0.591. The molecule has 4 N–H and O–H groups in total. The van der Waals surface area contributed by atoms with Gasteiger partial charge < -0.3 is 11.5 Å². The van der Waals surface area contributed by atoms with Crippen molar-refractivity contribution in [2.45, 2.75) is 32.1 Å². The first kappa shape index (κ1) is 21.8. The number of hydrogen-bond acceptors (Lipinski definition) is 4.